The lowest BCUT2D eigenvalue weighted by Gasteiger charge is -2.09. The molecular weight excluding hydrogens is 382 g/mol. The summed E-state index contributed by atoms with van der Waals surface area (Å²) in [5.74, 6) is 1.59. The van der Waals surface area contributed by atoms with Gasteiger partial charge in [0.15, 0.2) is 11.5 Å². The molecule has 0 saturated heterocycles. The van der Waals surface area contributed by atoms with Crippen molar-refractivity contribution in [2.75, 3.05) is 14.2 Å². The molecular formula is C8H8I2O2. The van der Waals surface area contributed by atoms with Gasteiger partial charge >= 0.3 is 0 Å². The second-order valence-corrected chi connectivity index (χ2v) is 4.53. The van der Waals surface area contributed by atoms with Crippen LogP contribution >= 0.6 is 45.2 Å². The first-order valence-corrected chi connectivity index (χ1v) is 5.41. The van der Waals surface area contributed by atoms with E-state index in [0.717, 1.165) is 18.6 Å². The van der Waals surface area contributed by atoms with Gasteiger partial charge in [0.25, 0.3) is 0 Å². The van der Waals surface area contributed by atoms with E-state index >= 15 is 0 Å². The molecule has 0 fully saturated rings. The van der Waals surface area contributed by atoms with Crippen LogP contribution in [-0.2, 0) is 0 Å². The maximum absolute atomic E-state index is 5.19. The molecule has 0 atom stereocenters. The molecule has 0 N–H and O–H groups in total. The van der Waals surface area contributed by atoms with Crippen molar-refractivity contribution in [2.45, 2.75) is 0 Å². The van der Waals surface area contributed by atoms with Gasteiger partial charge in [0.2, 0.25) is 0 Å². The quantitative estimate of drug-likeness (QED) is 0.724. The molecule has 4 heteroatoms. The van der Waals surface area contributed by atoms with Gasteiger partial charge in [0, 0.05) is 3.57 Å². The molecule has 0 unspecified atom stereocenters. The van der Waals surface area contributed by atoms with Crippen LogP contribution in [0, 0.1) is 7.14 Å². The molecule has 0 aliphatic rings. The van der Waals surface area contributed by atoms with E-state index in [-0.39, 0.29) is 0 Å². The Hall–Kier alpha value is 0.280. The van der Waals surface area contributed by atoms with E-state index in [9.17, 15) is 0 Å². The van der Waals surface area contributed by atoms with Gasteiger partial charge in [-0.1, -0.05) is 0 Å². The average Bonchev–Trinajstić information content (AvgIpc) is 2.03. The summed E-state index contributed by atoms with van der Waals surface area (Å²) in [6, 6.07) is 3.99. The van der Waals surface area contributed by atoms with Crippen LogP contribution in [0.15, 0.2) is 12.1 Å². The van der Waals surface area contributed by atoms with E-state index in [1.807, 2.05) is 12.1 Å². The topological polar surface area (TPSA) is 18.5 Å². The molecule has 0 heterocycles. The molecule has 1 aromatic rings. The molecule has 0 bridgehead atoms. The van der Waals surface area contributed by atoms with Gasteiger partial charge in [-0.2, -0.15) is 0 Å². The first-order chi connectivity index (χ1) is 5.69. The second kappa shape index (κ2) is 4.50. The fraction of sp³-hybridized carbons (Fsp3) is 0.250. The summed E-state index contributed by atoms with van der Waals surface area (Å²) in [5, 5.41) is 0. The van der Waals surface area contributed by atoms with Gasteiger partial charge < -0.3 is 9.47 Å². The number of methoxy groups -OCH3 is 2. The molecule has 0 spiro atoms. The Bertz CT molecular complexity index is 287. The molecule has 0 amide bonds. The van der Waals surface area contributed by atoms with Crippen molar-refractivity contribution in [3.8, 4) is 11.5 Å². The molecule has 66 valence electrons. The minimum Gasteiger partial charge on any atom is -0.493 e. The molecule has 0 aromatic heterocycles. The summed E-state index contributed by atoms with van der Waals surface area (Å²) in [7, 11) is 3.29. The predicted molar refractivity (Wildman–Crippen MR) is 65.0 cm³/mol. The number of benzene rings is 1. The highest BCUT2D eigenvalue weighted by Crippen LogP contribution is 2.33. The standard InChI is InChI=1S/C8H8I2O2/c1-11-7-4-5(9)3-6(10)8(7)12-2/h3-4H,1-2H3. The molecule has 2 nitrogen and oxygen atoms in total. The molecule has 1 rings (SSSR count). The van der Waals surface area contributed by atoms with Crippen molar-refractivity contribution in [2.24, 2.45) is 0 Å². The Balaban J connectivity index is 3.24. The number of ether oxygens (including phenoxy) is 2. The third-order valence-corrected chi connectivity index (χ3v) is 2.82. The lowest BCUT2D eigenvalue weighted by atomic mass is 10.3. The number of hydrogen-bond donors (Lipinski definition) is 0. The number of halogens is 2. The van der Waals surface area contributed by atoms with Crippen LogP contribution in [-0.4, -0.2) is 14.2 Å². The van der Waals surface area contributed by atoms with Gasteiger partial charge in [-0.3, -0.25) is 0 Å². The van der Waals surface area contributed by atoms with Crippen molar-refractivity contribution < 1.29 is 9.47 Å². The Morgan fingerprint density at radius 3 is 2.25 bits per heavy atom. The van der Waals surface area contributed by atoms with Crippen molar-refractivity contribution in [1.29, 1.82) is 0 Å². The second-order valence-electron chi connectivity index (χ2n) is 2.12. The minimum atomic E-state index is 0.786. The van der Waals surface area contributed by atoms with E-state index in [0.29, 0.717) is 0 Å². The van der Waals surface area contributed by atoms with Crippen molar-refractivity contribution in [1.82, 2.24) is 0 Å². The lowest BCUT2D eigenvalue weighted by Crippen LogP contribution is -1.93. The van der Waals surface area contributed by atoms with Crippen molar-refractivity contribution in [3.63, 3.8) is 0 Å². The molecule has 0 saturated carbocycles. The summed E-state index contributed by atoms with van der Waals surface area (Å²) >= 11 is 4.47. The number of rotatable bonds is 2. The van der Waals surface area contributed by atoms with Gasteiger partial charge in [-0.25, -0.2) is 0 Å². The van der Waals surface area contributed by atoms with Crippen LogP contribution in [0.3, 0.4) is 0 Å². The lowest BCUT2D eigenvalue weighted by molar-refractivity contribution is 0.352. The fourth-order valence-corrected chi connectivity index (χ4v) is 2.90. The zero-order chi connectivity index (χ0) is 9.14. The minimum absolute atomic E-state index is 0.786. The fourth-order valence-electron chi connectivity index (χ4n) is 0.886. The highest BCUT2D eigenvalue weighted by molar-refractivity contribution is 14.1. The third-order valence-electron chi connectivity index (χ3n) is 1.40. The Morgan fingerprint density at radius 2 is 1.75 bits per heavy atom. The molecule has 0 aliphatic carbocycles. The largest absolute Gasteiger partial charge is 0.493 e. The van der Waals surface area contributed by atoms with Crippen molar-refractivity contribution >= 4 is 45.2 Å². The maximum Gasteiger partial charge on any atom is 0.174 e. The first-order valence-electron chi connectivity index (χ1n) is 3.26. The van der Waals surface area contributed by atoms with Crippen LogP contribution in [0.25, 0.3) is 0 Å². The number of hydrogen-bond acceptors (Lipinski definition) is 2. The van der Waals surface area contributed by atoms with Gasteiger partial charge in [0.05, 0.1) is 17.8 Å². The van der Waals surface area contributed by atoms with Crippen LogP contribution in [0.4, 0.5) is 0 Å². The highest BCUT2D eigenvalue weighted by atomic mass is 127. The third kappa shape index (κ3) is 2.15. The molecule has 0 radical (unpaired) electrons. The molecule has 1 aromatic carbocycles. The van der Waals surface area contributed by atoms with Crippen LogP contribution in [0.1, 0.15) is 0 Å². The summed E-state index contributed by atoms with van der Waals surface area (Å²) in [4.78, 5) is 0. The molecule has 0 aliphatic heterocycles. The highest BCUT2D eigenvalue weighted by Gasteiger charge is 2.08. The average molecular weight is 390 g/mol. The zero-order valence-electron chi connectivity index (χ0n) is 6.73. The van der Waals surface area contributed by atoms with Crippen LogP contribution in [0.5, 0.6) is 11.5 Å². The normalized spacial score (nSPS) is 9.67. The van der Waals surface area contributed by atoms with Gasteiger partial charge in [-0.15, -0.1) is 0 Å². The zero-order valence-corrected chi connectivity index (χ0v) is 11.0. The SMILES string of the molecule is COc1cc(I)cc(I)c1OC. The van der Waals surface area contributed by atoms with E-state index in [1.165, 1.54) is 0 Å². The van der Waals surface area contributed by atoms with E-state index in [4.69, 9.17) is 9.47 Å². The Labute approximate surface area is 98.9 Å². The van der Waals surface area contributed by atoms with Gasteiger partial charge in [0.1, 0.15) is 0 Å². The first kappa shape index (κ1) is 10.4. The van der Waals surface area contributed by atoms with Crippen LogP contribution in [0.2, 0.25) is 0 Å². The van der Waals surface area contributed by atoms with E-state index < -0.39 is 0 Å². The van der Waals surface area contributed by atoms with E-state index in [2.05, 4.69) is 45.2 Å². The predicted octanol–water partition coefficient (Wildman–Crippen LogP) is 2.91. The monoisotopic (exact) mass is 390 g/mol. The summed E-state index contributed by atoms with van der Waals surface area (Å²) in [6.45, 7) is 0. The van der Waals surface area contributed by atoms with Crippen molar-refractivity contribution in [3.05, 3.63) is 19.3 Å². The van der Waals surface area contributed by atoms with Gasteiger partial charge in [-0.05, 0) is 57.3 Å². The Morgan fingerprint density at radius 1 is 1.08 bits per heavy atom. The summed E-state index contributed by atoms with van der Waals surface area (Å²) < 4.78 is 12.6. The van der Waals surface area contributed by atoms with E-state index in [1.54, 1.807) is 14.2 Å². The van der Waals surface area contributed by atoms with Crippen LogP contribution < -0.4 is 9.47 Å². The summed E-state index contributed by atoms with van der Waals surface area (Å²) in [5.41, 5.74) is 0. The maximum atomic E-state index is 5.19. The molecule has 12 heavy (non-hydrogen) atoms. The smallest absolute Gasteiger partial charge is 0.174 e. The summed E-state index contributed by atoms with van der Waals surface area (Å²) in [6.07, 6.45) is 0. The Kier molecular flexibility index (Phi) is 3.88.